The van der Waals surface area contributed by atoms with Gasteiger partial charge in [-0.1, -0.05) is 0 Å². The van der Waals surface area contributed by atoms with Crippen LogP contribution >= 0.6 is 0 Å². The van der Waals surface area contributed by atoms with Crippen LogP contribution < -0.4 is 0 Å². The largest absolute Gasteiger partial charge is 0.431 e. The lowest BCUT2D eigenvalue weighted by Crippen LogP contribution is -2.02. The third kappa shape index (κ3) is 1.94. The number of hydrogen-bond donors (Lipinski definition) is 0. The minimum Gasteiger partial charge on any atom is -0.431 e. The number of Topliss-reactive ketones (excluding diaryl/α,β-unsaturated/α-hetero) is 1. The predicted molar refractivity (Wildman–Crippen MR) is 43.3 cm³/mol. The van der Waals surface area contributed by atoms with Crippen LogP contribution in [-0.2, 0) is 14.3 Å². The van der Waals surface area contributed by atoms with Gasteiger partial charge in [-0.25, -0.2) is 0 Å². The summed E-state index contributed by atoms with van der Waals surface area (Å²) in [7, 11) is 0. The average Bonchev–Trinajstić information content (AvgIpc) is 2.33. The van der Waals surface area contributed by atoms with Gasteiger partial charge in [0.2, 0.25) is 0 Å². The van der Waals surface area contributed by atoms with E-state index in [1.54, 1.807) is 6.92 Å². The summed E-state index contributed by atoms with van der Waals surface area (Å²) in [5, 5.41) is 0. The average molecular weight is 168 g/mol. The quantitative estimate of drug-likeness (QED) is 0.339. The normalized spacial score (nSPS) is 21.0. The molecule has 1 saturated carbocycles. The Labute approximate surface area is 71.4 Å². The van der Waals surface area contributed by atoms with Crippen molar-refractivity contribution in [3.05, 3.63) is 11.3 Å². The monoisotopic (exact) mass is 168 g/mol. The molecule has 0 heterocycles. The second kappa shape index (κ2) is 3.52. The van der Waals surface area contributed by atoms with E-state index in [1.807, 2.05) is 0 Å². The Kier molecular flexibility index (Phi) is 2.63. The first-order chi connectivity index (χ1) is 5.61. The van der Waals surface area contributed by atoms with Crippen LogP contribution in [0.4, 0.5) is 0 Å². The van der Waals surface area contributed by atoms with Gasteiger partial charge in [-0.2, -0.15) is 0 Å². The van der Waals surface area contributed by atoms with E-state index < -0.39 is 0 Å². The summed E-state index contributed by atoms with van der Waals surface area (Å²) >= 11 is 0. The lowest BCUT2D eigenvalue weighted by Gasteiger charge is -2.03. The van der Waals surface area contributed by atoms with Crippen molar-refractivity contribution in [3.8, 4) is 0 Å². The molecule has 0 aliphatic heterocycles. The van der Waals surface area contributed by atoms with Crippen molar-refractivity contribution in [3.63, 3.8) is 0 Å². The molecule has 3 nitrogen and oxygen atoms in total. The van der Waals surface area contributed by atoms with Crippen molar-refractivity contribution in [2.24, 2.45) is 0 Å². The van der Waals surface area contributed by atoms with Crippen LogP contribution in [0, 0.1) is 0 Å². The Hall–Kier alpha value is -1.12. The molecular formula is C9H12O3. The molecule has 0 aromatic carbocycles. The summed E-state index contributed by atoms with van der Waals surface area (Å²) in [5.74, 6) is 0.235. The molecule has 0 atom stereocenters. The highest BCUT2D eigenvalue weighted by Gasteiger charge is 2.20. The standard InChI is InChI=1S/C9H12O3/c1-6(12-7(2)10)8-4-3-5-9(8)11/h3-5H2,1-2H3/b8-6+. The number of esters is 1. The van der Waals surface area contributed by atoms with Crippen LogP contribution in [0.3, 0.4) is 0 Å². The highest BCUT2D eigenvalue weighted by molar-refractivity contribution is 5.98. The zero-order valence-corrected chi connectivity index (χ0v) is 7.35. The van der Waals surface area contributed by atoms with Gasteiger partial charge in [0, 0.05) is 18.9 Å². The second-order valence-corrected chi connectivity index (χ2v) is 2.91. The first-order valence-electron chi connectivity index (χ1n) is 4.02. The molecule has 66 valence electrons. The van der Waals surface area contributed by atoms with Crippen molar-refractivity contribution in [2.45, 2.75) is 33.1 Å². The molecule has 1 aliphatic rings. The van der Waals surface area contributed by atoms with E-state index in [2.05, 4.69) is 0 Å². The molecule has 0 bridgehead atoms. The van der Waals surface area contributed by atoms with Crippen LogP contribution in [-0.4, -0.2) is 11.8 Å². The smallest absolute Gasteiger partial charge is 0.307 e. The fraction of sp³-hybridized carbons (Fsp3) is 0.556. The molecule has 0 aromatic rings. The van der Waals surface area contributed by atoms with Gasteiger partial charge in [0.1, 0.15) is 5.76 Å². The molecule has 0 amide bonds. The first-order valence-corrected chi connectivity index (χ1v) is 4.02. The molecule has 12 heavy (non-hydrogen) atoms. The summed E-state index contributed by atoms with van der Waals surface area (Å²) in [5.41, 5.74) is 0.685. The van der Waals surface area contributed by atoms with E-state index in [0.29, 0.717) is 17.8 Å². The van der Waals surface area contributed by atoms with Gasteiger partial charge in [-0.15, -0.1) is 0 Å². The molecule has 1 fully saturated rings. The van der Waals surface area contributed by atoms with E-state index in [9.17, 15) is 9.59 Å². The Morgan fingerprint density at radius 2 is 2.00 bits per heavy atom. The minimum atomic E-state index is -0.361. The van der Waals surface area contributed by atoms with E-state index in [4.69, 9.17) is 4.74 Å². The van der Waals surface area contributed by atoms with Crippen molar-refractivity contribution in [1.82, 2.24) is 0 Å². The van der Waals surface area contributed by atoms with Gasteiger partial charge in [-0.3, -0.25) is 9.59 Å². The first kappa shape index (κ1) is 8.97. The van der Waals surface area contributed by atoms with Gasteiger partial charge in [0.05, 0.1) is 0 Å². The molecule has 0 unspecified atom stereocenters. The molecule has 0 N–H and O–H groups in total. The van der Waals surface area contributed by atoms with Gasteiger partial charge >= 0.3 is 5.97 Å². The third-order valence-corrected chi connectivity index (χ3v) is 1.89. The molecule has 1 aliphatic carbocycles. The Morgan fingerprint density at radius 1 is 1.33 bits per heavy atom. The maximum atomic E-state index is 11.1. The summed E-state index contributed by atoms with van der Waals surface area (Å²) in [4.78, 5) is 21.7. The van der Waals surface area contributed by atoms with Gasteiger partial charge in [0.25, 0.3) is 0 Å². The van der Waals surface area contributed by atoms with Crippen LogP contribution in [0.1, 0.15) is 33.1 Å². The van der Waals surface area contributed by atoms with E-state index in [-0.39, 0.29) is 11.8 Å². The molecular weight excluding hydrogens is 156 g/mol. The Bertz CT molecular complexity index is 250. The number of ether oxygens (including phenoxy) is 1. The zero-order valence-electron chi connectivity index (χ0n) is 7.35. The molecule has 0 aromatic heterocycles. The van der Waals surface area contributed by atoms with Gasteiger partial charge in [-0.05, 0) is 19.8 Å². The predicted octanol–water partition coefficient (Wildman–Crippen LogP) is 1.58. The second-order valence-electron chi connectivity index (χ2n) is 2.91. The van der Waals surface area contributed by atoms with Gasteiger partial charge in [0.15, 0.2) is 5.78 Å². The zero-order chi connectivity index (χ0) is 9.14. The highest BCUT2D eigenvalue weighted by Crippen LogP contribution is 2.23. The lowest BCUT2D eigenvalue weighted by molar-refractivity contribution is -0.136. The number of allylic oxidation sites excluding steroid dienone is 2. The molecule has 0 saturated heterocycles. The van der Waals surface area contributed by atoms with Crippen LogP contribution in [0.25, 0.3) is 0 Å². The summed E-state index contributed by atoms with van der Waals surface area (Å²) in [6.07, 6.45) is 2.22. The van der Waals surface area contributed by atoms with E-state index >= 15 is 0 Å². The van der Waals surface area contributed by atoms with E-state index in [0.717, 1.165) is 12.8 Å². The van der Waals surface area contributed by atoms with Crippen LogP contribution in [0.5, 0.6) is 0 Å². The van der Waals surface area contributed by atoms with Crippen molar-refractivity contribution in [1.29, 1.82) is 0 Å². The molecule has 0 spiro atoms. The fourth-order valence-corrected chi connectivity index (χ4v) is 1.37. The summed E-state index contributed by atoms with van der Waals surface area (Å²) in [6, 6.07) is 0. The van der Waals surface area contributed by atoms with Crippen LogP contribution in [0.2, 0.25) is 0 Å². The highest BCUT2D eigenvalue weighted by atomic mass is 16.5. The molecule has 3 heteroatoms. The maximum Gasteiger partial charge on any atom is 0.307 e. The lowest BCUT2D eigenvalue weighted by atomic mass is 10.2. The number of hydrogen-bond acceptors (Lipinski definition) is 3. The van der Waals surface area contributed by atoms with Crippen molar-refractivity contribution < 1.29 is 14.3 Å². The maximum absolute atomic E-state index is 11.1. The minimum absolute atomic E-state index is 0.119. The summed E-state index contributed by atoms with van der Waals surface area (Å²) in [6.45, 7) is 3.00. The molecule has 1 rings (SSSR count). The number of carbonyl (C=O) groups excluding carboxylic acids is 2. The number of ketones is 1. The Morgan fingerprint density at radius 3 is 2.42 bits per heavy atom. The fourth-order valence-electron chi connectivity index (χ4n) is 1.37. The Balaban J connectivity index is 2.74. The van der Waals surface area contributed by atoms with E-state index in [1.165, 1.54) is 6.92 Å². The number of rotatable bonds is 1. The van der Waals surface area contributed by atoms with Crippen LogP contribution in [0.15, 0.2) is 11.3 Å². The number of carbonyl (C=O) groups is 2. The third-order valence-electron chi connectivity index (χ3n) is 1.89. The summed E-state index contributed by atoms with van der Waals surface area (Å²) < 4.78 is 4.82. The van der Waals surface area contributed by atoms with Crippen molar-refractivity contribution >= 4 is 11.8 Å². The topological polar surface area (TPSA) is 43.4 Å². The van der Waals surface area contributed by atoms with Gasteiger partial charge < -0.3 is 4.74 Å². The molecule has 0 radical (unpaired) electrons. The van der Waals surface area contributed by atoms with Crippen molar-refractivity contribution in [2.75, 3.05) is 0 Å². The SMILES string of the molecule is CC(=O)O/C(C)=C1\CCCC1=O.